The molecule has 0 atom stereocenters. The van der Waals surface area contributed by atoms with Gasteiger partial charge in [0.25, 0.3) is 0 Å². The zero-order chi connectivity index (χ0) is 11.8. The third-order valence-corrected chi connectivity index (χ3v) is 3.50. The minimum Gasteiger partial charge on any atom is -0.390 e. The smallest absolute Gasteiger partial charge is 0.0653 e. The molecule has 0 radical (unpaired) electrons. The fourth-order valence-electron chi connectivity index (χ4n) is 1.96. The monoisotopic (exact) mass is 218 g/mol. The predicted octanol–water partition coefficient (Wildman–Crippen LogP) is 3.44. The van der Waals surface area contributed by atoms with Crippen LogP contribution in [0.2, 0.25) is 0 Å². The van der Waals surface area contributed by atoms with Crippen molar-refractivity contribution in [1.82, 2.24) is 0 Å². The molecule has 1 aliphatic carbocycles. The van der Waals surface area contributed by atoms with E-state index in [9.17, 15) is 5.11 Å². The van der Waals surface area contributed by atoms with Crippen LogP contribution in [0.25, 0.3) is 0 Å². The van der Waals surface area contributed by atoms with Crippen molar-refractivity contribution in [2.45, 2.75) is 57.5 Å². The molecule has 0 aromatic heterocycles. The van der Waals surface area contributed by atoms with Crippen LogP contribution in [-0.2, 0) is 11.8 Å². The Morgan fingerprint density at radius 3 is 2.50 bits per heavy atom. The maximum Gasteiger partial charge on any atom is 0.0653 e. The second-order valence-corrected chi connectivity index (χ2v) is 6.17. The van der Waals surface area contributed by atoms with Crippen LogP contribution in [0.1, 0.15) is 51.2 Å². The van der Waals surface area contributed by atoms with Crippen LogP contribution >= 0.6 is 0 Å². The van der Waals surface area contributed by atoms with E-state index in [1.54, 1.807) is 0 Å². The molecular weight excluding hydrogens is 196 g/mol. The first-order valence-electron chi connectivity index (χ1n) is 6.21. The summed E-state index contributed by atoms with van der Waals surface area (Å²) in [6.45, 7) is 6.71. The number of benzene rings is 1. The van der Waals surface area contributed by atoms with Crippen molar-refractivity contribution < 1.29 is 5.11 Å². The van der Waals surface area contributed by atoms with Gasteiger partial charge in [0.15, 0.2) is 0 Å². The third kappa shape index (κ3) is 2.85. The van der Waals surface area contributed by atoms with Crippen LogP contribution in [0.4, 0.5) is 0 Å². The summed E-state index contributed by atoms with van der Waals surface area (Å²) in [6.07, 6.45) is 3.90. The molecule has 16 heavy (non-hydrogen) atoms. The van der Waals surface area contributed by atoms with E-state index in [0.29, 0.717) is 0 Å². The standard InChI is InChI=1S/C15H22O/c1-14(2,3)13-6-4-5-12(11-13)7-8-15(16)9-10-15/h4-6,11,16H,7-10H2,1-3H3. The molecule has 0 saturated heterocycles. The molecule has 0 bridgehead atoms. The molecule has 88 valence electrons. The average molecular weight is 218 g/mol. The molecule has 1 heteroatoms. The Labute approximate surface area is 98.5 Å². The molecule has 0 aliphatic heterocycles. The van der Waals surface area contributed by atoms with Crippen molar-refractivity contribution in [1.29, 1.82) is 0 Å². The second-order valence-electron chi connectivity index (χ2n) is 6.17. The zero-order valence-corrected chi connectivity index (χ0v) is 10.6. The van der Waals surface area contributed by atoms with Gasteiger partial charge in [-0.3, -0.25) is 0 Å². The number of aliphatic hydroxyl groups is 1. The molecule has 0 unspecified atom stereocenters. The SMILES string of the molecule is CC(C)(C)c1cccc(CCC2(O)CC2)c1. The summed E-state index contributed by atoms with van der Waals surface area (Å²) in [6, 6.07) is 8.77. The second kappa shape index (κ2) is 3.89. The van der Waals surface area contributed by atoms with Gasteiger partial charge in [0, 0.05) is 0 Å². The number of rotatable bonds is 3. The van der Waals surface area contributed by atoms with Gasteiger partial charge in [-0.05, 0) is 42.2 Å². The van der Waals surface area contributed by atoms with Gasteiger partial charge >= 0.3 is 0 Å². The lowest BCUT2D eigenvalue weighted by molar-refractivity contribution is 0.140. The lowest BCUT2D eigenvalue weighted by Gasteiger charge is -2.20. The van der Waals surface area contributed by atoms with E-state index in [0.717, 1.165) is 25.7 Å². The molecule has 1 saturated carbocycles. The van der Waals surface area contributed by atoms with E-state index in [1.165, 1.54) is 11.1 Å². The Morgan fingerprint density at radius 1 is 1.25 bits per heavy atom. The van der Waals surface area contributed by atoms with Crippen molar-refractivity contribution in [3.8, 4) is 0 Å². The van der Waals surface area contributed by atoms with Crippen LogP contribution in [0, 0.1) is 0 Å². The highest BCUT2D eigenvalue weighted by Gasteiger charge is 2.39. The highest BCUT2D eigenvalue weighted by molar-refractivity contribution is 5.28. The molecular formula is C15H22O. The van der Waals surface area contributed by atoms with Crippen LogP contribution in [0.15, 0.2) is 24.3 Å². The third-order valence-electron chi connectivity index (χ3n) is 3.50. The van der Waals surface area contributed by atoms with E-state index in [1.807, 2.05) is 0 Å². The van der Waals surface area contributed by atoms with Crippen LogP contribution in [-0.4, -0.2) is 10.7 Å². The van der Waals surface area contributed by atoms with Gasteiger partial charge in [-0.25, -0.2) is 0 Å². The Kier molecular flexibility index (Phi) is 2.83. The van der Waals surface area contributed by atoms with Crippen molar-refractivity contribution in [2.24, 2.45) is 0 Å². The fraction of sp³-hybridized carbons (Fsp3) is 0.600. The molecule has 1 aromatic carbocycles. The highest BCUT2D eigenvalue weighted by atomic mass is 16.3. The van der Waals surface area contributed by atoms with Gasteiger partial charge in [0.1, 0.15) is 0 Å². The van der Waals surface area contributed by atoms with Crippen molar-refractivity contribution in [3.63, 3.8) is 0 Å². The topological polar surface area (TPSA) is 20.2 Å². The highest BCUT2D eigenvalue weighted by Crippen LogP contribution is 2.39. The molecule has 0 heterocycles. The lowest BCUT2D eigenvalue weighted by atomic mass is 9.85. The predicted molar refractivity (Wildman–Crippen MR) is 67.6 cm³/mol. The van der Waals surface area contributed by atoms with Crippen molar-refractivity contribution >= 4 is 0 Å². The fourth-order valence-corrected chi connectivity index (χ4v) is 1.96. The number of aryl methyl sites for hydroxylation is 1. The van der Waals surface area contributed by atoms with Crippen LogP contribution in [0.3, 0.4) is 0 Å². The largest absolute Gasteiger partial charge is 0.390 e. The number of hydrogen-bond acceptors (Lipinski definition) is 1. The Balaban J connectivity index is 2.04. The van der Waals surface area contributed by atoms with Crippen molar-refractivity contribution in [2.75, 3.05) is 0 Å². The Hall–Kier alpha value is -0.820. The van der Waals surface area contributed by atoms with E-state index < -0.39 is 0 Å². The van der Waals surface area contributed by atoms with E-state index in [4.69, 9.17) is 0 Å². The van der Waals surface area contributed by atoms with Gasteiger partial charge in [-0.1, -0.05) is 45.0 Å². The van der Waals surface area contributed by atoms with E-state index in [-0.39, 0.29) is 11.0 Å². The molecule has 2 rings (SSSR count). The minimum absolute atomic E-state index is 0.215. The maximum absolute atomic E-state index is 9.82. The summed E-state index contributed by atoms with van der Waals surface area (Å²) in [5.41, 5.74) is 2.63. The summed E-state index contributed by atoms with van der Waals surface area (Å²) in [7, 11) is 0. The van der Waals surface area contributed by atoms with Gasteiger partial charge in [-0.15, -0.1) is 0 Å². The lowest BCUT2D eigenvalue weighted by Crippen LogP contribution is -2.12. The summed E-state index contributed by atoms with van der Waals surface area (Å²) in [4.78, 5) is 0. The normalized spacial score (nSPS) is 18.5. The van der Waals surface area contributed by atoms with Crippen molar-refractivity contribution in [3.05, 3.63) is 35.4 Å². The molecule has 1 aliphatic rings. The van der Waals surface area contributed by atoms with E-state index >= 15 is 0 Å². The summed E-state index contributed by atoms with van der Waals surface area (Å²) < 4.78 is 0. The molecule has 1 nitrogen and oxygen atoms in total. The minimum atomic E-state index is -0.322. The van der Waals surface area contributed by atoms with Crippen LogP contribution < -0.4 is 0 Å². The van der Waals surface area contributed by atoms with E-state index in [2.05, 4.69) is 45.0 Å². The van der Waals surface area contributed by atoms with Gasteiger partial charge < -0.3 is 5.11 Å². The first-order valence-corrected chi connectivity index (χ1v) is 6.21. The summed E-state index contributed by atoms with van der Waals surface area (Å²) in [5, 5.41) is 9.82. The number of hydrogen-bond donors (Lipinski definition) is 1. The van der Waals surface area contributed by atoms with Gasteiger partial charge in [0.2, 0.25) is 0 Å². The molecule has 0 spiro atoms. The first kappa shape index (κ1) is 11.7. The molecule has 1 fully saturated rings. The molecule has 1 aromatic rings. The summed E-state index contributed by atoms with van der Waals surface area (Å²) >= 11 is 0. The molecule has 1 N–H and O–H groups in total. The zero-order valence-electron chi connectivity index (χ0n) is 10.6. The average Bonchev–Trinajstić information content (AvgIpc) is 2.94. The van der Waals surface area contributed by atoms with Crippen LogP contribution in [0.5, 0.6) is 0 Å². The Morgan fingerprint density at radius 2 is 1.94 bits per heavy atom. The maximum atomic E-state index is 9.82. The van der Waals surface area contributed by atoms with Gasteiger partial charge in [-0.2, -0.15) is 0 Å². The first-order chi connectivity index (χ1) is 7.39. The summed E-state index contributed by atoms with van der Waals surface area (Å²) in [5.74, 6) is 0. The quantitative estimate of drug-likeness (QED) is 0.824. The van der Waals surface area contributed by atoms with Gasteiger partial charge in [0.05, 0.1) is 5.60 Å². The molecule has 0 amide bonds. The Bertz CT molecular complexity index is 369.